The number of halogens is 1. The number of rotatable bonds is 5. The summed E-state index contributed by atoms with van der Waals surface area (Å²) in [6, 6.07) is 15.5. The summed E-state index contributed by atoms with van der Waals surface area (Å²) < 4.78 is 15.9. The Morgan fingerprint density at radius 1 is 0.970 bits per heavy atom. The zero-order chi connectivity index (χ0) is 23.1. The Kier molecular flexibility index (Phi) is 5.80. The molecule has 1 aliphatic rings. The predicted molar refractivity (Wildman–Crippen MR) is 130 cm³/mol. The fourth-order valence-corrected chi connectivity index (χ4v) is 5.71. The van der Waals surface area contributed by atoms with Crippen LogP contribution in [-0.4, -0.2) is 50.8 Å². The summed E-state index contributed by atoms with van der Waals surface area (Å²) in [7, 11) is 0. The van der Waals surface area contributed by atoms with Crippen molar-refractivity contribution in [2.45, 2.75) is 32.7 Å². The molecule has 0 saturated carbocycles. The highest BCUT2D eigenvalue weighted by Gasteiger charge is 2.32. The monoisotopic (exact) mass is 465 g/mol. The van der Waals surface area contributed by atoms with Gasteiger partial charge >= 0.3 is 0 Å². The molecule has 2 aromatic heterocycles. The van der Waals surface area contributed by atoms with Gasteiger partial charge in [0.2, 0.25) is 10.8 Å². The Morgan fingerprint density at radius 2 is 1.64 bits per heavy atom. The highest BCUT2D eigenvalue weighted by molar-refractivity contribution is 7.17. The van der Waals surface area contributed by atoms with E-state index in [0.29, 0.717) is 35.5 Å². The van der Waals surface area contributed by atoms with Crippen molar-refractivity contribution in [3.8, 4) is 5.88 Å². The van der Waals surface area contributed by atoms with Gasteiger partial charge in [0.25, 0.3) is 0 Å². The first-order valence-corrected chi connectivity index (χ1v) is 12.1. The summed E-state index contributed by atoms with van der Waals surface area (Å²) in [5.74, 6) is 1.04. The third-order valence-corrected chi connectivity index (χ3v) is 7.42. The van der Waals surface area contributed by atoms with Crippen LogP contribution in [0.3, 0.4) is 0 Å². The molecule has 5 rings (SSSR count). The van der Waals surface area contributed by atoms with Crippen LogP contribution in [0.4, 0.5) is 10.1 Å². The molecule has 1 N–H and O–H groups in total. The van der Waals surface area contributed by atoms with Crippen molar-refractivity contribution >= 4 is 22.0 Å². The Labute approximate surface area is 196 Å². The molecule has 0 amide bonds. The second-order valence-corrected chi connectivity index (χ2v) is 9.85. The highest BCUT2D eigenvalue weighted by Crippen LogP contribution is 2.40. The van der Waals surface area contributed by atoms with Gasteiger partial charge in [0.1, 0.15) is 11.6 Å². The van der Waals surface area contributed by atoms with E-state index < -0.39 is 0 Å². The first kappa shape index (κ1) is 21.9. The molecule has 1 saturated heterocycles. The van der Waals surface area contributed by atoms with Gasteiger partial charge in [-0.15, -0.1) is 5.10 Å². The molecule has 2 aromatic carbocycles. The van der Waals surface area contributed by atoms with Crippen molar-refractivity contribution in [1.29, 1.82) is 0 Å². The molecule has 33 heavy (non-hydrogen) atoms. The third kappa shape index (κ3) is 4.09. The van der Waals surface area contributed by atoms with Gasteiger partial charge in [-0.05, 0) is 36.1 Å². The summed E-state index contributed by atoms with van der Waals surface area (Å²) in [6.07, 6.45) is 0. The molecule has 0 aliphatic carbocycles. The number of aromatic hydroxyl groups is 1. The highest BCUT2D eigenvalue weighted by atomic mass is 32.1. The van der Waals surface area contributed by atoms with Crippen LogP contribution in [0.5, 0.6) is 5.88 Å². The minimum Gasteiger partial charge on any atom is -0.492 e. The van der Waals surface area contributed by atoms with E-state index in [9.17, 15) is 9.50 Å². The smallest absolute Gasteiger partial charge is 0.230 e. The van der Waals surface area contributed by atoms with Gasteiger partial charge in [-0.3, -0.25) is 4.90 Å². The number of benzene rings is 2. The molecule has 1 aliphatic heterocycles. The molecule has 0 bridgehead atoms. The van der Waals surface area contributed by atoms with Crippen LogP contribution in [-0.2, 0) is 0 Å². The summed E-state index contributed by atoms with van der Waals surface area (Å²) in [4.78, 5) is 10.4. The van der Waals surface area contributed by atoms with E-state index >= 15 is 0 Å². The van der Waals surface area contributed by atoms with Crippen molar-refractivity contribution in [3.05, 3.63) is 76.2 Å². The lowest BCUT2D eigenvalue weighted by atomic mass is 9.97. The quantitative estimate of drug-likeness (QED) is 0.451. The number of thiazole rings is 1. The Bertz CT molecular complexity index is 1260. The van der Waals surface area contributed by atoms with Crippen molar-refractivity contribution in [3.63, 3.8) is 0 Å². The average molecular weight is 466 g/mol. The van der Waals surface area contributed by atoms with E-state index in [4.69, 9.17) is 0 Å². The maximum absolute atomic E-state index is 14.3. The number of fused-ring (bicyclic) bond motifs is 1. The van der Waals surface area contributed by atoms with Crippen LogP contribution in [0, 0.1) is 12.7 Å². The van der Waals surface area contributed by atoms with Gasteiger partial charge in [-0.1, -0.05) is 61.6 Å². The molecule has 8 heteroatoms. The second-order valence-electron chi connectivity index (χ2n) is 8.84. The molecule has 0 spiro atoms. The van der Waals surface area contributed by atoms with Gasteiger partial charge in [0.05, 0.1) is 16.6 Å². The summed E-state index contributed by atoms with van der Waals surface area (Å²) >= 11 is 1.48. The van der Waals surface area contributed by atoms with Crippen LogP contribution >= 0.6 is 11.3 Å². The standard InChI is InChI=1S/C25H28FN5OS/c1-16(2)18-8-10-19(11-9-18)22(23-24(32)31-25(33-23)27-17(3)28-31)30-14-12-29(13-15-30)21-7-5-4-6-20(21)26/h4-11,16,22,32H,12-15H2,1-3H3. The SMILES string of the molecule is Cc1nc2sc(C(c3ccc(C(C)C)cc3)N3CCN(c4ccccc4F)CC3)c(O)n2n1. The maximum Gasteiger partial charge on any atom is 0.230 e. The number of aromatic nitrogens is 3. The zero-order valence-corrected chi connectivity index (χ0v) is 19.9. The summed E-state index contributed by atoms with van der Waals surface area (Å²) in [6.45, 7) is 9.10. The third-order valence-electron chi connectivity index (χ3n) is 6.35. The topological polar surface area (TPSA) is 56.9 Å². The fraction of sp³-hybridized carbons (Fsp3) is 0.360. The van der Waals surface area contributed by atoms with Crippen molar-refractivity contribution in [1.82, 2.24) is 19.5 Å². The van der Waals surface area contributed by atoms with E-state index in [0.717, 1.165) is 23.5 Å². The molecular weight excluding hydrogens is 437 g/mol. The molecule has 3 heterocycles. The van der Waals surface area contributed by atoms with Gasteiger partial charge in [0.15, 0.2) is 0 Å². The van der Waals surface area contributed by atoms with Gasteiger partial charge < -0.3 is 10.0 Å². The minimum atomic E-state index is -0.189. The summed E-state index contributed by atoms with van der Waals surface area (Å²) in [5, 5.41) is 15.4. The number of anilines is 1. The molecule has 4 aromatic rings. The average Bonchev–Trinajstić information content (AvgIpc) is 3.32. The zero-order valence-electron chi connectivity index (χ0n) is 19.1. The Morgan fingerprint density at radius 3 is 2.27 bits per heavy atom. The lowest BCUT2D eigenvalue weighted by molar-refractivity contribution is 0.210. The first-order chi connectivity index (χ1) is 15.9. The van der Waals surface area contributed by atoms with E-state index in [1.807, 2.05) is 19.1 Å². The van der Waals surface area contributed by atoms with E-state index in [2.05, 4.69) is 58.0 Å². The molecular formula is C25H28FN5OS. The molecule has 1 unspecified atom stereocenters. The van der Waals surface area contributed by atoms with Gasteiger partial charge in [0, 0.05) is 26.2 Å². The lowest BCUT2D eigenvalue weighted by Crippen LogP contribution is -2.48. The van der Waals surface area contributed by atoms with E-state index in [1.54, 1.807) is 6.07 Å². The largest absolute Gasteiger partial charge is 0.492 e. The minimum absolute atomic E-state index is 0.122. The first-order valence-electron chi connectivity index (χ1n) is 11.3. The molecule has 172 valence electrons. The fourth-order valence-electron chi connectivity index (χ4n) is 4.55. The van der Waals surface area contributed by atoms with Crippen molar-refractivity contribution in [2.75, 3.05) is 31.1 Å². The molecule has 6 nitrogen and oxygen atoms in total. The second kappa shape index (κ2) is 8.76. The van der Waals surface area contributed by atoms with Crippen molar-refractivity contribution < 1.29 is 9.50 Å². The Hall–Kier alpha value is -2.97. The number of aryl methyl sites for hydroxylation is 1. The van der Waals surface area contributed by atoms with Crippen LogP contribution in [0.2, 0.25) is 0 Å². The number of piperazine rings is 1. The van der Waals surface area contributed by atoms with Crippen LogP contribution < -0.4 is 4.90 Å². The normalized spacial score (nSPS) is 16.1. The number of hydrogen-bond donors (Lipinski definition) is 1. The van der Waals surface area contributed by atoms with E-state index in [-0.39, 0.29) is 17.7 Å². The molecule has 1 atom stereocenters. The number of nitrogens with zero attached hydrogens (tertiary/aromatic N) is 5. The van der Waals surface area contributed by atoms with Gasteiger partial charge in [-0.25, -0.2) is 9.37 Å². The lowest BCUT2D eigenvalue weighted by Gasteiger charge is -2.40. The maximum atomic E-state index is 14.3. The van der Waals surface area contributed by atoms with Crippen LogP contribution in [0.15, 0.2) is 48.5 Å². The summed E-state index contributed by atoms with van der Waals surface area (Å²) in [5.41, 5.74) is 3.05. The van der Waals surface area contributed by atoms with Crippen LogP contribution in [0.1, 0.15) is 47.6 Å². The number of hydrogen-bond acceptors (Lipinski definition) is 6. The van der Waals surface area contributed by atoms with Crippen LogP contribution in [0.25, 0.3) is 4.96 Å². The molecule has 0 radical (unpaired) electrons. The number of para-hydroxylation sites is 1. The van der Waals surface area contributed by atoms with Crippen molar-refractivity contribution in [2.24, 2.45) is 0 Å². The Balaban J connectivity index is 1.48. The molecule has 1 fully saturated rings. The van der Waals surface area contributed by atoms with E-state index in [1.165, 1.54) is 27.5 Å². The van der Waals surface area contributed by atoms with Gasteiger partial charge in [-0.2, -0.15) is 4.52 Å². The predicted octanol–water partition coefficient (Wildman–Crippen LogP) is 4.98.